The van der Waals surface area contributed by atoms with E-state index in [2.05, 4.69) is 11.6 Å². The van der Waals surface area contributed by atoms with Crippen LogP contribution in [0.5, 0.6) is 0 Å². The van der Waals surface area contributed by atoms with Gasteiger partial charge >= 0.3 is 6.03 Å². The lowest BCUT2D eigenvalue weighted by atomic mass is 10.5. The van der Waals surface area contributed by atoms with E-state index in [1.54, 1.807) is 5.43 Å². The van der Waals surface area contributed by atoms with Crippen LogP contribution in [0.1, 0.15) is 6.92 Å². The molecular weight excluding hydrogens is 136 g/mol. The summed E-state index contributed by atoms with van der Waals surface area (Å²) in [6.07, 6.45) is 0. The van der Waals surface area contributed by atoms with Crippen LogP contribution >= 0.6 is 0 Å². The molecule has 0 aliphatic rings. The average Bonchev–Trinajstić information content (AvgIpc) is 1.89. The van der Waals surface area contributed by atoms with Crippen molar-refractivity contribution < 1.29 is 9.59 Å². The summed E-state index contributed by atoms with van der Waals surface area (Å²) >= 11 is 0. The Morgan fingerprint density at radius 2 is 1.70 bits per heavy atom. The molecule has 0 aliphatic heterocycles. The lowest BCUT2D eigenvalue weighted by Crippen LogP contribution is -2.34. The molecule has 2 amide bonds. The van der Waals surface area contributed by atoms with Crippen LogP contribution in [0, 0.1) is 0 Å². The summed E-state index contributed by atoms with van der Waals surface area (Å²) in [6, 6.07) is -0.718. The zero-order valence-corrected chi connectivity index (χ0v) is 5.76. The molecule has 0 atom stereocenters. The maximum atomic E-state index is 9.69. The van der Waals surface area contributed by atoms with Crippen molar-refractivity contribution in [3.05, 3.63) is 0 Å². The lowest BCUT2D eigenvalue weighted by molar-refractivity contribution is -0.115. The van der Waals surface area contributed by atoms with Gasteiger partial charge in [0.2, 0.25) is 0 Å². The Bertz CT molecular complexity index is 99.8. The number of hydrogen-bond acceptors (Lipinski definition) is 4. The van der Waals surface area contributed by atoms with Gasteiger partial charge in [0.05, 0.1) is 6.54 Å². The highest BCUT2D eigenvalue weighted by molar-refractivity contribution is 5.77. The molecule has 0 unspecified atom stereocenters. The molecule has 0 aromatic carbocycles. The summed E-state index contributed by atoms with van der Waals surface area (Å²) in [5, 5.41) is 0. The third kappa shape index (κ3) is 28.8. The number of hydrazine groups is 1. The van der Waals surface area contributed by atoms with E-state index in [9.17, 15) is 9.59 Å². The van der Waals surface area contributed by atoms with Gasteiger partial charge in [0.25, 0.3) is 0 Å². The van der Waals surface area contributed by atoms with Crippen LogP contribution < -0.4 is 22.7 Å². The van der Waals surface area contributed by atoms with Crippen LogP contribution in [0.4, 0.5) is 4.79 Å². The van der Waals surface area contributed by atoms with Gasteiger partial charge in [0.15, 0.2) is 0 Å². The number of hydrogen-bond donors (Lipinski definition) is 4. The number of nitrogens with one attached hydrogen (secondary N) is 1. The fraction of sp³-hybridized carbons (Fsp3) is 0.500. The highest BCUT2D eigenvalue weighted by Gasteiger charge is 1.76. The predicted molar refractivity (Wildman–Crippen MR) is 36.6 cm³/mol. The second-order valence-corrected chi connectivity index (χ2v) is 1.41. The molecule has 60 valence electrons. The summed E-state index contributed by atoms with van der Waals surface area (Å²) in [5.41, 5.74) is 10.9. The van der Waals surface area contributed by atoms with Gasteiger partial charge in [-0.3, -0.25) is 10.2 Å². The number of primary amides is 1. The van der Waals surface area contributed by atoms with Crippen molar-refractivity contribution in [1.29, 1.82) is 0 Å². The summed E-state index contributed by atoms with van der Waals surface area (Å²) in [7, 11) is 0. The number of nitrogens with two attached hydrogens (primary N) is 3. The van der Waals surface area contributed by atoms with E-state index in [-0.39, 0.29) is 12.3 Å². The highest BCUT2D eigenvalue weighted by atomic mass is 16.2. The Kier molecular flexibility index (Phi) is 9.14. The van der Waals surface area contributed by atoms with Crippen molar-refractivity contribution in [1.82, 2.24) is 5.43 Å². The van der Waals surface area contributed by atoms with Crippen LogP contribution in [0.3, 0.4) is 0 Å². The SMILES string of the molecule is CC(=O)CN.NNC(N)=O. The van der Waals surface area contributed by atoms with Crippen molar-refractivity contribution >= 4 is 11.8 Å². The monoisotopic (exact) mass is 148 g/mol. The Morgan fingerprint density at radius 3 is 1.70 bits per heavy atom. The zero-order valence-electron chi connectivity index (χ0n) is 5.76. The second-order valence-electron chi connectivity index (χ2n) is 1.41. The number of urea groups is 1. The first-order valence-electron chi connectivity index (χ1n) is 2.50. The minimum absolute atomic E-state index is 0.0324. The van der Waals surface area contributed by atoms with Gasteiger partial charge in [0, 0.05) is 0 Å². The van der Waals surface area contributed by atoms with Crippen LogP contribution in [0.25, 0.3) is 0 Å². The molecule has 0 fully saturated rings. The van der Waals surface area contributed by atoms with Crippen LogP contribution in [0.2, 0.25) is 0 Å². The number of amides is 2. The summed E-state index contributed by atoms with van der Waals surface area (Å²) in [6.45, 7) is 1.62. The zero-order chi connectivity index (χ0) is 8.57. The molecule has 0 aliphatic carbocycles. The topological polar surface area (TPSA) is 124 Å². The molecule has 6 nitrogen and oxygen atoms in total. The summed E-state index contributed by atoms with van der Waals surface area (Å²) in [5.74, 6) is 4.48. The smallest absolute Gasteiger partial charge is 0.326 e. The molecule has 0 spiro atoms. The largest absolute Gasteiger partial charge is 0.351 e. The molecule has 0 saturated heterocycles. The van der Waals surface area contributed by atoms with Crippen molar-refractivity contribution in [3.8, 4) is 0 Å². The van der Waals surface area contributed by atoms with Crippen LogP contribution in [0.15, 0.2) is 0 Å². The van der Waals surface area contributed by atoms with Gasteiger partial charge in [-0.25, -0.2) is 10.6 Å². The standard InChI is InChI=1S/C3H7NO.CH5N3O/c1-3(5)2-4;2-1(5)4-3/h2,4H2,1H3;3H2,(H3,2,4,5). The molecule has 0 heterocycles. The highest BCUT2D eigenvalue weighted by Crippen LogP contribution is 1.51. The first-order valence-corrected chi connectivity index (χ1v) is 2.50. The van der Waals surface area contributed by atoms with E-state index < -0.39 is 6.03 Å². The van der Waals surface area contributed by atoms with Gasteiger partial charge in [0.1, 0.15) is 5.78 Å². The normalized spacial score (nSPS) is 7.10. The van der Waals surface area contributed by atoms with Crippen LogP contribution in [-0.2, 0) is 4.79 Å². The number of carbonyl (C=O) groups excluding carboxylic acids is 2. The molecule has 0 aromatic heterocycles. The Hall–Kier alpha value is -1.14. The molecule has 0 radical (unpaired) electrons. The minimum atomic E-state index is -0.718. The number of Topliss-reactive ketones (excluding diaryl/α,β-unsaturated/α-hetero) is 1. The molecular formula is C4H12N4O2. The van der Waals surface area contributed by atoms with Gasteiger partial charge in [-0.05, 0) is 6.92 Å². The molecule has 0 saturated carbocycles. The Morgan fingerprint density at radius 1 is 1.50 bits per heavy atom. The first-order chi connectivity index (χ1) is 4.54. The minimum Gasteiger partial charge on any atom is -0.351 e. The maximum absolute atomic E-state index is 9.69. The predicted octanol–water partition coefficient (Wildman–Crippen LogP) is -1.94. The lowest BCUT2D eigenvalue weighted by Gasteiger charge is -1.81. The molecule has 7 N–H and O–H groups in total. The molecule has 10 heavy (non-hydrogen) atoms. The number of carbonyl (C=O) groups is 2. The quantitative estimate of drug-likeness (QED) is 0.196. The van der Waals surface area contributed by atoms with E-state index in [0.29, 0.717) is 0 Å². The molecule has 0 rings (SSSR count). The molecule has 0 aromatic rings. The fourth-order valence-electron chi connectivity index (χ4n) is 0. The third-order valence-electron chi connectivity index (χ3n) is 0.430. The number of rotatable bonds is 1. The van der Waals surface area contributed by atoms with Crippen LogP contribution in [-0.4, -0.2) is 18.4 Å². The van der Waals surface area contributed by atoms with Gasteiger partial charge in [-0.2, -0.15) is 0 Å². The fourth-order valence-corrected chi connectivity index (χ4v) is 0. The van der Waals surface area contributed by atoms with E-state index in [4.69, 9.17) is 5.73 Å². The summed E-state index contributed by atoms with van der Waals surface area (Å²) in [4.78, 5) is 19.0. The third-order valence-corrected chi connectivity index (χ3v) is 0.430. The van der Waals surface area contributed by atoms with Crippen molar-refractivity contribution in [2.45, 2.75) is 6.92 Å². The van der Waals surface area contributed by atoms with Crippen molar-refractivity contribution in [3.63, 3.8) is 0 Å². The second kappa shape index (κ2) is 7.86. The maximum Gasteiger partial charge on any atom is 0.326 e. The van der Waals surface area contributed by atoms with E-state index in [0.717, 1.165) is 0 Å². The molecule has 0 bridgehead atoms. The van der Waals surface area contributed by atoms with Gasteiger partial charge in [-0.15, -0.1) is 0 Å². The van der Waals surface area contributed by atoms with Crippen molar-refractivity contribution in [2.75, 3.05) is 6.54 Å². The average molecular weight is 148 g/mol. The Balaban J connectivity index is 0. The van der Waals surface area contributed by atoms with Gasteiger partial charge in [-0.1, -0.05) is 0 Å². The van der Waals surface area contributed by atoms with Gasteiger partial charge < -0.3 is 11.5 Å². The number of ketones is 1. The van der Waals surface area contributed by atoms with Crippen molar-refractivity contribution in [2.24, 2.45) is 17.3 Å². The molecule has 6 heteroatoms. The summed E-state index contributed by atoms with van der Waals surface area (Å²) < 4.78 is 0. The van der Waals surface area contributed by atoms with E-state index >= 15 is 0 Å². The van der Waals surface area contributed by atoms with E-state index in [1.807, 2.05) is 0 Å². The van der Waals surface area contributed by atoms with E-state index in [1.165, 1.54) is 6.92 Å². The Labute approximate surface area is 58.7 Å². The first kappa shape index (κ1) is 11.6.